The van der Waals surface area contributed by atoms with Crippen molar-refractivity contribution in [3.05, 3.63) is 47.0 Å². The van der Waals surface area contributed by atoms with Crippen molar-refractivity contribution >= 4 is 5.97 Å². The molecule has 3 aliphatic rings. The Morgan fingerprint density at radius 1 is 1.08 bits per heavy atom. The van der Waals surface area contributed by atoms with Gasteiger partial charge in [-0.05, 0) is 111 Å². The van der Waals surface area contributed by atoms with E-state index in [-0.39, 0.29) is 18.5 Å². The molecule has 0 spiro atoms. The number of aliphatic hydroxyl groups excluding tert-OH is 1. The van der Waals surface area contributed by atoms with E-state index in [4.69, 9.17) is 9.47 Å². The van der Waals surface area contributed by atoms with Crippen molar-refractivity contribution in [2.24, 2.45) is 23.7 Å². The molecular formula is C35H54O4. The number of aliphatic hydroxyl groups is 1. The number of ether oxygens (including phenoxy) is 2. The van der Waals surface area contributed by atoms with Crippen LogP contribution in [0, 0.1) is 23.7 Å². The molecule has 1 aliphatic heterocycles. The monoisotopic (exact) mass is 538 g/mol. The smallest absolute Gasteiger partial charge is 0.333 e. The average Bonchev–Trinajstić information content (AvgIpc) is 2.97. The zero-order valence-electron chi connectivity index (χ0n) is 24.8. The van der Waals surface area contributed by atoms with Crippen molar-refractivity contribution in [2.75, 3.05) is 19.8 Å². The summed E-state index contributed by atoms with van der Waals surface area (Å²) >= 11 is 0. The summed E-state index contributed by atoms with van der Waals surface area (Å²) in [5, 5.41) is 9.54. The Kier molecular flexibility index (Phi) is 12.0. The molecule has 0 aromatic heterocycles. The topological polar surface area (TPSA) is 55.8 Å². The van der Waals surface area contributed by atoms with Crippen molar-refractivity contribution < 1.29 is 19.4 Å². The highest BCUT2D eigenvalue weighted by Crippen LogP contribution is 2.42. The van der Waals surface area contributed by atoms with Gasteiger partial charge in [-0.25, -0.2) is 4.79 Å². The van der Waals surface area contributed by atoms with Gasteiger partial charge in [0, 0.05) is 18.1 Å². The van der Waals surface area contributed by atoms with E-state index < -0.39 is 0 Å². The van der Waals surface area contributed by atoms with E-state index in [0.29, 0.717) is 49.1 Å². The molecule has 2 fully saturated rings. The summed E-state index contributed by atoms with van der Waals surface area (Å²) in [5.74, 6) is 2.41. The zero-order valence-corrected chi connectivity index (χ0v) is 24.8. The van der Waals surface area contributed by atoms with E-state index in [1.807, 2.05) is 0 Å². The normalized spacial score (nSPS) is 27.9. The number of rotatable bonds is 13. The van der Waals surface area contributed by atoms with E-state index in [9.17, 15) is 9.90 Å². The van der Waals surface area contributed by atoms with Crippen LogP contribution in [0.25, 0.3) is 0 Å². The van der Waals surface area contributed by atoms with Gasteiger partial charge in [0.2, 0.25) is 0 Å². The van der Waals surface area contributed by atoms with Crippen molar-refractivity contribution in [1.29, 1.82) is 0 Å². The summed E-state index contributed by atoms with van der Waals surface area (Å²) in [4.78, 5) is 11.8. The van der Waals surface area contributed by atoms with Crippen LogP contribution >= 0.6 is 0 Å². The van der Waals surface area contributed by atoms with E-state index in [1.165, 1.54) is 77.0 Å². The quantitative estimate of drug-likeness (QED) is 0.157. The van der Waals surface area contributed by atoms with Crippen molar-refractivity contribution in [1.82, 2.24) is 0 Å². The SMILES string of the molecule is C=C(C)C(=O)OCC(CCO)C1CCC(C2CCC(c3ccc4c(c3)CCC(CCCCCC)C4)CC2)OC1. The maximum Gasteiger partial charge on any atom is 0.333 e. The van der Waals surface area contributed by atoms with Crippen LogP contribution in [0.5, 0.6) is 0 Å². The number of benzene rings is 1. The first-order chi connectivity index (χ1) is 19.0. The van der Waals surface area contributed by atoms with Crippen LogP contribution in [-0.4, -0.2) is 37.0 Å². The van der Waals surface area contributed by atoms with Crippen LogP contribution in [0.15, 0.2) is 30.4 Å². The molecule has 0 radical (unpaired) electrons. The molecule has 0 bridgehead atoms. The number of hydrogen-bond donors (Lipinski definition) is 1. The molecule has 1 N–H and O–H groups in total. The number of aryl methyl sites for hydroxylation is 1. The van der Waals surface area contributed by atoms with E-state index >= 15 is 0 Å². The Morgan fingerprint density at radius 3 is 2.59 bits per heavy atom. The van der Waals surface area contributed by atoms with Crippen molar-refractivity contribution in [3.8, 4) is 0 Å². The molecule has 4 atom stereocenters. The summed E-state index contributed by atoms with van der Waals surface area (Å²) in [6, 6.07) is 7.49. The van der Waals surface area contributed by atoms with Gasteiger partial charge in [-0.15, -0.1) is 0 Å². The molecule has 1 saturated carbocycles. The Balaban J connectivity index is 1.21. The Morgan fingerprint density at radius 2 is 1.90 bits per heavy atom. The molecule has 2 aliphatic carbocycles. The van der Waals surface area contributed by atoms with Crippen LogP contribution in [0.1, 0.15) is 120 Å². The number of unbranched alkanes of at least 4 members (excludes halogenated alkanes) is 3. The van der Waals surface area contributed by atoms with Gasteiger partial charge in [0.1, 0.15) is 0 Å². The highest BCUT2D eigenvalue weighted by molar-refractivity contribution is 5.86. The molecule has 4 unspecified atom stereocenters. The molecule has 1 aromatic rings. The standard InChI is InChI=1S/C35H54O4/c1-4-5-6-7-8-26-9-10-31-22-30(16-15-29(31)21-26)27-11-13-28(14-12-27)34-18-17-32(23-38-34)33(19-20-36)24-39-35(37)25(2)3/h15-16,22,26-28,32-34,36H,2,4-14,17-21,23-24H2,1,3H3. The van der Waals surface area contributed by atoms with Crippen LogP contribution in [0.2, 0.25) is 0 Å². The molecular weight excluding hydrogens is 484 g/mol. The summed E-state index contributed by atoms with van der Waals surface area (Å²) in [6.07, 6.45) is 19.1. The first-order valence-corrected chi connectivity index (χ1v) is 16.1. The van der Waals surface area contributed by atoms with Crippen LogP contribution < -0.4 is 0 Å². The summed E-state index contributed by atoms with van der Waals surface area (Å²) in [6.45, 7) is 8.80. The fraction of sp³-hybridized carbons (Fsp3) is 0.743. The van der Waals surface area contributed by atoms with Gasteiger partial charge in [-0.3, -0.25) is 0 Å². The van der Waals surface area contributed by atoms with Crippen LogP contribution in [-0.2, 0) is 27.1 Å². The number of esters is 1. The number of carbonyl (C=O) groups is 1. The predicted molar refractivity (Wildman–Crippen MR) is 159 cm³/mol. The predicted octanol–water partition coefficient (Wildman–Crippen LogP) is 7.95. The van der Waals surface area contributed by atoms with Gasteiger partial charge in [0.05, 0.1) is 19.3 Å². The van der Waals surface area contributed by atoms with Gasteiger partial charge in [-0.2, -0.15) is 0 Å². The second-order valence-electron chi connectivity index (χ2n) is 13.0. The molecule has 218 valence electrons. The van der Waals surface area contributed by atoms with Crippen molar-refractivity contribution in [3.63, 3.8) is 0 Å². The highest BCUT2D eigenvalue weighted by Gasteiger charge is 2.35. The Labute approximate surface area is 237 Å². The summed E-state index contributed by atoms with van der Waals surface area (Å²) in [7, 11) is 0. The first kappa shape index (κ1) is 30.3. The molecule has 4 heteroatoms. The van der Waals surface area contributed by atoms with Crippen molar-refractivity contribution in [2.45, 2.75) is 122 Å². The molecule has 1 saturated heterocycles. The maximum absolute atomic E-state index is 11.8. The number of fused-ring (bicyclic) bond motifs is 1. The third-order valence-corrected chi connectivity index (χ3v) is 10.1. The minimum atomic E-state index is -0.342. The summed E-state index contributed by atoms with van der Waals surface area (Å²) in [5.41, 5.74) is 5.26. The van der Waals surface area contributed by atoms with E-state index in [1.54, 1.807) is 23.6 Å². The summed E-state index contributed by atoms with van der Waals surface area (Å²) < 4.78 is 11.9. The minimum absolute atomic E-state index is 0.113. The highest BCUT2D eigenvalue weighted by atomic mass is 16.5. The van der Waals surface area contributed by atoms with Crippen LogP contribution in [0.3, 0.4) is 0 Å². The first-order valence-electron chi connectivity index (χ1n) is 16.1. The Bertz CT molecular complexity index is 907. The number of carbonyl (C=O) groups excluding carboxylic acids is 1. The lowest BCUT2D eigenvalue weighted by atomic mass is 9.73. The van der Waals surface area contributed by atoms with Crippen LogP contribution in [0.4, 0.5) is 0 Å². The van der Waals surface area contributed by atoms with Gasteiger partial charge < -0.3 is 14.6 Å². The second kappa shape index (κ2) is 15.4. The molecule has 1 heterocycles. The second-order valence-corrected chi connectivity index (χ2v) is 13.0. The lowest BCUT2D eigenvalue weighted by molar-refractivity contribution is -0.142. The molecule has 4 rings (SSSR count). The molecule has 1 aromatic carbocycles. The van der Waals surface area contributed by atoms with E-state index in [2.05, 4.69) is 31.7 Å². The van der Waals surface area contributed by atoms with Gasteiger partial charge in [0.15, 0.2) is 0 Å². The van der Waals surface area contributed by atoms with E-state index in [0.717, 1.165) is 18.8 Å². The minimum Gasteiger partial charge on any atom is -0.462 e. The third kappa shape index (κ3) is 8.67. The lowest BCUT2D eigenvalue weighted by Gasteiger charge is -2.39. The van der Waals surface area contributed by atoms with Gasteiger partial charge in [-0.1, -0.05) is 63.8 Å². The Hall–Kier alpha value is -1.65. The fourth-order valence-electron chi connectivity index (χ4n) is 7.50. The largest absolute Gasteiger partial charge is 0.462 e. The van der Waals surface area contributed by atoms with Gasteiger partial charge >= 0.3 is 5.97 Å². The molecule has 39 heavy (non-hydrogen) atoms. The lowest BCUT2D eigenvalue weighted by Crippen LogP contribution is -2.37. The fourth-order valence-corrected chi connectivity index (χ4v) is 7.50. The third-order valence-electron chi connectivity index (χ3n) is 10.1. The zero-order chi connectivity index (χ0) is 27.6. The molecule has 0 amide bonds. The average molecular weight is 539 g/mol. The van der Waals surface area contributed by atoms with Gasteiger partial charge in [0.25, 0.3) is 0 Å². The maximum atomic E-state index is 11.8. The number of hydrogen-bond acceptors (Lipinski definition) is 4. The molecule has 4 nitrogen and oxygen atoms in total.